The molecule has 12 heteroatoms. The summed E-state index contributed by atoms with van der Waals surface area (Å²) in [5, 5.41) is 8.02. The van der Waals surface area contributed by atoms with Crippen molar-refractivity contribution in [1.82, 2.24) is 34.4 Å². The van der Waals surface area contributed by atoms with Crippen molar-refractivity contribution in [2.24, 2.45) is 0 Å². The van der Waals surface area contributed by atoms with Crippen molar-refractivity contribution in [2.45, 2.75) is 47.7 Å². The normalized spacial score (nSPS) is 11.3. The van der Waals surface area contributed by atoms with Crippen LogP contribution in [0.4, 0.5) is 5.69 Å². The molecule has 49 heavy (non-hydrogen) atoms. The SMILES string of the molecule is Cc1noc(C)c1-c1cc(N)c2oc(=O)n(Cc3ccccc3)c2c1.Cc1noc(C)c1-c1cnc2nc(C)n(Cc3cccnc3)c2c1. The molecule has 0 amide bonds. The highest BCUT2D eigenvalue weighted by molar-refractivity contribution is 5.91. The third-order valence-electron chi connectivity index (χ3n) is 8.49. The summed E-state index contributed by atoms with van der Waals surface area (Å²) in [4.78, 5) is 25.6. The van der Waals surface area contributed by atoms with E-state index in [4.69, 9.17) is 19.2 Å². The maximum absolute atomic E-state index is 12.3. The molecule has 8 rings (SSSR count). The first-order chi connectivity index (χ1) is 23.7. The number of nitrogen functional groups attached to an aromatic ring is 1. The summed E-state index contributed by atoms with van der Waals surface area (Å²) < 4.78 is 19.7. The molecule has 0 fully saturated rings. The standard InChI is InChI=1S/C19H17N3O3.C18H17N5O/c1-11-17(12(2)25-21-11)14-8-15(20)18-16(9-14)22(19(23)24-18)10-13-6-4-3-5-7-13;1-11-17(12(2)24-22-11)15-7-16-18(20-9-15)21-13(3)23(16)10-14-5-4-6-19-8-14/h3-9H,10,20H2,1-2H3;4-9H,10H2,1-3H3. The fraction of sp³-hybridized carbons (Fsp3) is 0.189. The number of fused-ring (bicyclic) bond motifs is 2. The molecule has 8 aromatic rings. The summed E-state index contributed by atoms with van der Waals surface area (Å²) >= 11 is 0. The molecule has 2 N–H and O–H groups in total. The van der Waals surface area contributed by atoms with Crippen molar-refractivity contribution in [3.05, 3.63) is 130 Å². The first kappa shape index (κ1) is 31.3. The van der Waals surface area contributed by atoms with Crippen molar-refractivity contribution >= 4 is 28.0 Å². The fourth-order valence-electron chi connectivity index (χ4n) is 6.17. The molecule has 0 saturated carbocycles. The number of imidazole rings is 1. The van der Waals surface area contributed by atoms with Crippen LogP contribution < -0.4 is 11.5 Å². The molecule has 0 aliphatic heterocycles. The maximum Gasteiger partial charge on any atom is 0.420 e. The summed E-state index contributed by atoms with van der Waals surface area (Å²) in [5.41, 5.74) is 16.8. The molecule has 246 valence electrons. The molecule has 0 spiro atoms. The minimum absolute atomic E-state index is 0.399. The number of aromatic nitrogens is 7. The summed E-state index contributed by atoms with van der Waals surface area (Å²) in [6.45, 7) is 10.7. The maximum atomic E-state index is 12.3. The molecule has 6 heterocycles. The fourth-order valence-corrected chi connectivity index (χ4v) is 6.17. The van der Waals surface area contributed by atoms with Gasteiger partial charge in [-0.05, 0) is 75.6 Å². The lowest BCUT2D eigenvalue weighted by Gasteiger charge is -2.07. The first-order valence-corrected chi connectivity index (χ1v) is 15.7. The second-order valence-electron chi connectivity index (χ2n) is 11.9. The van der Waals surface area contributed by atoms with Gasteiger partial charge in [-0.15, -0.1) is 0 Å². The van der Waals surface area contributed by atoms with Gasteiger partial charge >= 0.3 is 5.76 Å². The Morgan fingerprint density at radius 2 is 1.39 bits per heavy atom. The molecule has 0 unspecified atom stereocenters. The topological polar surface area (TPSA) is 157 Å². The third-order valence-corrected chi connectivity index (χ3v) is 8.49. The second kappa shape index (κ2) is 12.7. The Hall–Kier alpha value is -6.30. The lowest BCUT2D eigenvalue weighted by Crippen LogP contribution is -2.14. The molecule has 6 aromatic heterocycles. The van der Waals surface area contributed by atoms with Gasteiger partial charge in [0.2, 0.25) is 0 Å². The van der Waals surface area contributed by atoms with E-state index in [-0.39, 0.29) is 0 Å². The van der Waals surface area contributed by atoms with Crippen LogP contribution in [0.2, 0.25) is 0 Å². The molecule has 12 nitrogen and oxygen atoms in total. The van der Waals surface area contributed by atoms with Crippen LogP contribution in [-0.4, -0.2) is 34.4 Å². The van der Waals surface area contributed by atoms with Crippen LogP contribution in [0.25, 0.3) is 44.5 Å². The molecule has 0 aliphatic carbocycles. The average molecular weight is 655 g/mol. The first-order valence-electron chi connectivity index (χ1n) is 15.7. The van der Waals surface area contributed by atoms with Gasteiger partial charge in [-0.1, -0.05) is 46.7 Å². The zero-order chi connectivity index (χ0) is 34.2. The molecular weight excluding hydrogens is 620 g/mol. The minimum Gasteiger partial charge on any atom is -0.405 e. The largest absolute Gasteiger partial charge is 0.420 e. The van der Waals surface area contributed by atoms with Crippen molar-refractivity contribution in [2.75, 3.05) is 5.73 Å². The monoisotopic (exact) mass is 654 g/mol. The molecule has 0 atom stereocenters. The van der Waals surface area contributed by atoms with E-state index in [1.165, 1.54) is 0 Å². The zero-order valence-electron chi connectivity index (χ0n) is 27.8. The summed E-state index contributed by atoms with van der Waals surface area (Å²) in [5.74, 6) is 2.00. The zero-order valence-corrected chi connectivity index (χ0v) is 27.8. The van der Waals surface area contributed by atoms with E-state index in [1.807, 2.05) is 89.5 Å². The van der Waals surface area contributed by atoms with E-state index < -0.39 is 5.76 Å². The summed E-state index contributed by atoms with van der Waals surface area (Å²) in [6, 6.07) is 19.5. The Morgan fingerprint density at radius 1 is 0.735 bits per heavy atom. The molecule has 0 aliphatic rings. The molecular formula is C37H34N8O4. The van der Waals surface area contributed by atoms with Crippen LogP contribution in [0.15, 0.2) is 97.5 Å². The Kier molecular flexibility index (Phi) is 8.13. The van der Waals surface area contributed by atoms with E-state index in [0.29, 0.717) is 35.6 Å². The van der Waals surface area contributed by atoms with Crippen LogP contribution in [-0.2, 0) is 13.1 Å². The van der Waals surface area contributed by atoms with E-state index in [2.05, 4.69) is 42.0 Å². The number of rotatable bonds is 6. The highest BCUT2D eigenvalue weighted by atomic mass is 16.5. The summed E-state index contributed by atoms with van der Waals surface area (Å²) in [6.07, 6.45) is 5.48. The van der Waals surface area contributed by atoms with E-state index in [9.17, 15) is 4.79 Å². The van der Waals surface area contributed by atoms with Gasteiger partial charge in [0.05, 0.1) is 41.2 Å². The Morgan fingerprint density at radius 3 is 2.04 bits per heavy atom. The van der Waals surface area contributed by atoms with Gasteiger partial charge in [0.25, 0.3) is 0 Å². The lowest BCUT2D eigenvalue weighted by atomic mass is 10.0. The number of hydrogen-bond donors (Lipinski definition) is 1. The smallest absolute Gasteiger partial charge is 0.405 e. The lowest BCUT2D eigenvalue weighted by molar-refractivity contribution is 0.393. The minimum atomic E-state index is -0.429. The third kappa shape index (κ3) is 6.00. The van der Waals surface area contributed by atoms with Crippen molar-refractivity contribution < 1.29 is 13.5 Å². The number of pyridine rings is 2. The van der Waals surface area contributed by atoms with Crippen LogP contribution in [0.5, 0.6) is 0 Å². The van der Waals surface area contributed by atoms with Gasteiger partial charge < -0.3 is 23.8 Å². The number of benzene rings is 2. The predicted molar refractivity (Wildman–Crippen MR) is 186 cm³/mol. The van der Waals surface area contributed by atoms with Gasteiger partial charge in [-0.3, -0.25) is 9.55 Å². The number of nitrogens with zero attached hydrogens (tertiary/aromatic N) is 7. The average Bonchev–Trinajstić information content (AvgIpc) is 3.81. The molecule has 0 bridgehead atoms. The Balaban J connectivity index is 0.000000154. The van der Waals surface area contributed by atoms with Crippen molar-refractivity contribution in [1.29, 1.82) is 0 Å². The number of hydrogen-bond acceptors (Lipinski definition) is 10. The van der Waals surface area contributed by atoms with Gasteiger partial charge in [0.1, 0.15) is 17.3 Å². The van der Waals surface area contributed by atoms with Crippen LogP contribution in [0.1, 0.15) is 39.9 Å². The molecule has 0 saturated heterocycles. The van der Waals surface area contributed by atoms with Crippen molar-refractivity contribution in [3.8, 4) is 22.3 Å². The van der Waals surface area contributed by atoms with E-state index in [1.54, 1.807) is 16.8 Å². The van der Waals surface area contributed by atoms with E-state index in [0.717, 1.165) is 67.5 Å². The molecule has 2 aromatic carbocycles. The van der Waals surface area contributed by atoms with Gasteiger partial charge in [-0.25, -0.2) is 14.8 Å². The van der Waals surface area contributed by atoms with Gasteiger partial charge in [-0.2, -0.15) is 0 Å². The van der Waals surface area contributed by atoms with Crippen molar-refractivity contribution in [3.63, 3.8) is 0 Å². The van der Waals surface area contributed by atoms with Gasteiger partial charge in [0, 0.05) is 35.3 Å². The van der Waals surface area contributed by atoms with Crippen LogP contribution >= 0.6 is 0 Å². The second-order valence-corrected chi connectivity index (χ2v) is 11.9. The molecule has 0 radical (unpaired) electrons. The summed E-state index contributed by atoms with van der Waals surface area (Å²) in [7, 11) is 0. The number of nitrogens with two attached hydrogens (primary N) is 1. The quantitative estimate of drug-likeness (QED) is 0.186. The predicted octanol–water partition coefficient (Wildman–Crippen LogP) is 6.95. The van der Waals surface area contributed by atoms with Crippen LogP contribution in [0.3, 0.4) is 0 Å². The van der Waals surface area contributed by atoms with Crippen LogP contribution in [0, 0.1) is 34.6 Å². The van der Waals surface area contributed by atoms with E-state index >= 15 is 0 Å². The Labute approximate surface area is 280 Å². The highest BCUT2D eigenvalue weighted by Crippen LogP contribution is 2.33. The number of oxazole rings is 1. The Bertz CT molecular complexity index is 2450. The number of anilines is 1. The van der Waals surface area contributed by atoms with Gasteiger partial charge in [0.15, 0.2) is 11.2 Å². The highest BCUT2D eigenvalue weighted by Gasteiger charge is 2.19. The number of aryl methyl sites for hydroxylation is 5.